The standard InChI is InChI=1S/C24H30N2O3S/c27-24(26-19-7-9-21-8-3-4-10-23(21)26)16-13-20-11-14-22(15-12-20)30(28,29)25-17-5-1-2-6-18-25/h3-4,8,10-12,14-15H,1-2,5-7,9,13,16-19H2. The van der Waals surface area contributed by atoms with E-state index in [-0.39, 0.29) is 5.91 Å². The number of fused-ring (bicyclic) bond motifs is 1. The molecule has 6 heteroatoms. The average Bonchev–Trinajstić information content (AvgIpc) is 3.08. The third-order valence-electron chi connectivity index (χ3n) is 6.17. The maximum absolute atomic E-state index is 12.9. The summed E-state index contributed by atoms with van der Waals surface area (Å²) in [7, 11) is -3.43. The van der Waals surface area contributed by atoms with Crippen LogP contribution < -0.4 is 4.90 Å². The highest BCUT2D eigenvalue weighted by atomic mass is 32.2. The summed E-state index contributed by atoms with van der Waals surface area (Å²) >= 11 is 0. The molecule has 30 heavy (non-hydrogen) atoms. The van der Waals surface area contributed by atoms with Gasteiger partial charge in [-0.15, -0.1) is 0 Å². The molecule has 0 atom stereocenters. The lowest BCUT2D eigenvalue weighted by Gasteiger charge is -2.29. The van der Waals surface area contributed by atoms with E-state index in [9.17, 15) is 13.2 Å². The van der Waals surface area contributed by atoms with Crippen LogP contribution in [0.3, 0.4) is 0 Å². The number of hydrogen-bond acceptors (Lipinski definition) is 3. The number of amides is 1. The minimum Gasteiger partial charge on any atom is -0.312 e. The van der Waals surface area contributed by atoms with Gasteiger partial charge >= 0.3 is 0 Å². The molecule has 0 unspecified atom stereocenters. The molecule has 160 valence electrons. The van der Waals surface area contributed by atoms with Gasteiger partial charge in [-0.25, -0.2) is 8.42 Å². The van der Waals surface area contributed by atoms with Crippen molar-refractivity contribution in [1.29, 1.82) is 0 Å². The minimum atomic E-state index is -3.43. The van der Waals surface area contributed by atoms with E-state index >= 15 is 0 Å². The summed E-state index contributed by atoms with van der Waals surface area (Å²) in [6.45, 7) is 1.98. The van der Waals surface area contributed by atoms with Gasteiger partial charge in [-0.2, -0.15) is 4.31 Å². The molecule has 2 aliphatic rings. The smallest absolute Gasteiger partial charge is 0.243 e. The summed E-state index contributed by atoms with van der Waals surface area (Å²) in [6.07, 6.45) is 7.10. The van der Waals surface area contributed by atoms with E-state index < -0.39 is 10.0 Å². The van der Waals surface area contributed by atoms with Crippen LogP contribution in [0.2, 0.25) is 0 Å². The Hall–Kier alpha value is -2.18. The van der Waals surface area contributed by atoms with E-state index in [1.54, 1.807) is 16.4 Å². The lowest BCUT2D eigenvalue weighted by molar-refractivity contribution is -0.118. The Morgan fingerprint density at radius 1 is 0.833 bits per heavy atom. The normalized spacial score (nSPS) is 17.9. The van der Waals surface area contributed by atoms with Crippen molar-refractivity contribution in [2.24, 2.45) is 0 Å². The predicted molar refractivity (Wildman–Crippen MR) is 119 cm³/mol. The Bertz CT molecular complexity index is 978. The van der Waals surface area contributed by atoms with Crippen molar-refractivity contribution in [2.75, 3.05) is 24.5 Å². The number of rotatable bonds is 5. The summed E-state index contributed by atoms with van der Waals surface area (Å²) in [5, 5.41) is 0. The third-order valence-corrected chi connectivity index (χ3v) is 8.08. The van der Waals surface area contributed by atoms with E-state index in [0.717, 1.165) is 56.3 Å². The van der Waals surface area contributed by atoms with Crippen molar-refractivity contribution in [3.63, 3.8) is 0 Å². The predicted octanol–water partition coefficient (Wildman–Crippen LogP) is 4.16. The molecule has 1 fully saturated rings. The molecule has 2 aromatic rings. The fourth-order valence-corrected chi connectivity index (χ4v) is 5.96. The summed E-state index contributed by atoms with van der Waals surface area (Å²) < 4.78 is 27.4. The summed E-state index contributed by atoms with van der Waals surface area (Å²) in [4.78, 5) is 15.1. The van der Waals surface area contributed by atoms with Crippen LogP contribution >= 0.6 is 0 Å². The van der Waals surface area contributed by atoms with E-state index in [2.05, 4.69) is 6.07 Å². The summed E-state index contributed by atoms with van der Waals surface area (Å²) in [5.41, 5.74) is 3.26. The molecule has 0 bridgehead atoms. The monoisotopic (exact) mass is 426 g/mol. The van der Waals surface area contributed by atoms with Crippen molar-refractivity contribution in [2.45, 2.75) is 56.3 Å². The van der Waals surface area contributed by atoms with Gasteiger partial charge in [-0.1, -0.05) is 43.2 Å². The number of carbonyl (C=O) groups excluding carboxylic acids is 1. The second kappa shape index (κ2) is 9.31. The molecule has 2 aliphatic heterocycles. The molecule has 0 spiro atoms. The molecule has 5 nitrogen and oxygen atoms in total. The van der Waals surface area contributed by atoms with Gasteiger partial charge in [0.15, 0.2) is 0 Å². The highest BCUT2D eigenvalue weighted by Crippen LogP contribution is 2.27. The molecule has 0 aliphatic carbocycles. The summed E-state index contributed by atoms with van der Waals surface area (Å²) in [5.74, 6) is 0.128. The Labute approximate surface area is 179 Å². The van der Waals surface area contributed by atoms with Gasteiger partial charge in [-0.05, 0) is 61.4 Å². The number of para-hydroxylation sites is 1. The molecule has 4 rings (SSSR count). The number of nitrogens with zero attached hydrogens (tertiary/aromatic N) is 2. The van der Waals surface area contributed by atoms with E-state index in [0.29, 0.717) is 30.8 Å². The quantitative estimate of drug-likeness (QED) is 0.721. The first-order valence-electron chi connectivity index (χ1n) is 11.0. The lowest BCUT2D eigenvalue weighted by atomic mass is 10.0. The molecule has 2 aromatic carbocycles. The highest BCUT2D eigenvalue weighted by Gasteiger charge is 2.25. The van der Waals surface area contributed by atoms with Crippen LogP contribution in [0.25, 0.3) is 0 Å². The third kappa shape index (κ3) is 4.60. The van der Waals surface area contributed by atoms with Crippen LogP contribution in [0.15, 0.2) is 53.4 Å². The number of aryl methyl sites for hydroxylation is 2. The molecule has 0 aromatic heterocycles. The van der Waals surface area contributed by atoms with Crippen LogP contribution in [0.1, 0.15) is 49.7 Å². The summed E-state index contributed by atoms with van der Waals surface area (Å²) in [6, 6.07) is 15.2. The first-order chi connectivity index (χ1) is 14.6. The highest BCUT2D eigenvalue weighted by molar-refractivity contribution is 7.89. The Balaban J connectivity index is 1.39. The second-order valence-electron chi connectivity index (χ2n) is 8.24. The average molecular weight is 427 g/mol. The number of hydrogen-bond donors (Lipinski definition) is 0. The zero-order valence-corrected chi connectivity index (χ0v) is 18.2. The molecule has 1 amide bonds. The molecular weight excluding hydrogens is 396 g/mol. The molecular formula is C24H30N2O3S. The van der Waals surface area contributed by atoms with Gasteiger partial charge in [0.2, 0.25) is 15.9 Å². The van der Waals surface area contributed by atoms with Crippen LogP contribution in [-0.2, 0) is 27.7 Å². The maximum atomic E-state index is 12.9. The fraction of sp³-hybridized carbons (Fsp3) is 0.458. The Kier molecular flexibility index (Phi) is 6.54. The SMILES string of the molecule is O=C(CCc1ccc(S(=O)(=O)N2CCCCCC2)cc1)N1CCCc2ccccc21. The van der Waals surface area contributed by atoms with Gasteiger partial charge in [0, 0.05) is 31.7 Å². The van der Waals surface area contributed by atoms with Crippen LogP contribution in [0.4, 0.5) is 5.69 Å². The number of sulfonamides is 1. The van der Waals surface area contributed by atoms with Crippen molar-refractivity contribution >= 4 is 21.6 Å². The van der Waals surface area contributed by atoms with Gasteiger partial charge in [0.25, 0.3) is 0 Å². The van der Waals surface area contributed by atoms with Gasteiger partial charge in [0.1, 0.15) is 0 Å². The van der Waals surface area contributed by atoms with Crippen LogP contribution in [0.5, 0.6) is 0 Å². The van der Waals surface area contributed by atoms with E-state index in [4.69, 9.17) is 0 Å². The van der Waals surface area contributed by atoms with Crippen LogP contribution in [-0.4, -0.2) is 38.3 Å². The molecule has 0 radical (unpaired) electrons. The first kappa shape index (κ1) is 21.1. The van der Waals surface area contributed by atoms with E-state index in [1.807, 2.05) is 35.2 Å². The van der Waals surface area contributed by atoms with Crippen molar-refractivity contribution in [3.05, 3.63) is 59.7 Å². The largest absolute Gasteiger partial charge is 0.312 e. The number of benzene rings is 2. The number of carbonyl (C=O) groups is 1. The van der Waals surface area contributed by atoms with Crippen molar-refractivity contribution in [3.8, 4) is 0 Å². The first-order valence-corrected chi connectivity index (χ1v) is 12.5. The van der Waals surface area contributed by atoms with Gasteiger partial charge in [-0.3, -0.25) is 4.79 Å². The van der Waals surface area contributed by atoms with E-state index in [1.165, 1.54) is 5.56 Å². The molecule has 0 N–H and O–H groups in total. The zero-order chi connectivity index (χ0) is 21.0. The minimum absolute atomic E-state index is 0.128. The van der Waals surface area contributed by atoms with Gasteiger partial charge < -0.3 is 4.90 Å². The maximum Gasteiger partial charge on any atom is 0.243 e. The second-order valence-corrected chi connectivity index (χ2v) is 10.2. The van der Waals surface area contributed by atoms with Gasteiger partial charge in [0.05, 0.1) is 4.90 Å². The number of anilines is 1. The molecule has 0 saturated carbocycles. The van der Waals surface area contributed by atoms with Crippen LogP contribution in [0, 0.1) is 0 Å². The van der Waals surface area contributed by atoms with Crippen molar-refractivity contribution < 1.29 is 13.2 Å². The van der Waals surface area contributed by atoms with Crippen molar-refractivity contribution in [1.82, 2.24) is 4.31 Å². The molecule has 1 saturated heterocycles. The fourth-order valence-electron chi connectivity index (χ4n) is 4.44. The Morgan fingerprint density at radius 3 is 2.27 bits per heavy atom. The Morgan fingerprint density at radius 2 is 1.53 bits per heavy atom. The topological polar surface area (TPSA) is 57.7 Å². The lowest BCUT2D eigenvalue weighted by Crippen LogP contribution is -2.35. The molecule has 2 heterocycles. The zero-order valence-electron chi connectivity index (χ0n) is 17.4.